The van der Waals surface area contributed by atoms with Crippen molar-refractivity contribution in [3.8, 4) is 6.07 Å². The van der Waals surface area contributed by atoms with Gasteiger partial charge in [0.1, 0.15) is 5.54 Å². The van der Waals surface area contributed by atoms with Crippen molar-refractivity contribution in [1.29, 1.82) is 5.26 Å². The smallest absolute Gasteiger partial charge is 0.114 e. The second-order valence-electron chi connectivity index (χ2n) is 4.22. The fourth-order valence-electron chi connectivity index (χ4n) is 1.79. The van der Waals surface area contributed by atoms with Crippen LogP contribution in [0.25, 0.3) is 0 Å². The molecule has 0 aliphatic carbocycles. The summed E-state index contributed by atoms with van der Waals surface area (Å²) < 4.78 is 0. The highest BCUT2D eigenvalue weighted by atomic mass is 15.1. The van der Waals surface area contributed by atoms with E-state index in [0.29, 0.717) is 6.54 Å². The molecule has 1 aliphatic rings. The van der Waals surface area contributed by atoms with Crippen LogP contribution in [-0.4, -0.2) is 30.1 Å². The standard InChI is InChI=1S/C10H19N3/c1-10(12,8-11)9-13-6-4-2-3-5-7-13/h2-7,9,12H2,1H3. The maximum atomic E-state index is 8.79. The van der Waals surface area contributed by atoms with Crippen LogP contribution in [0.5, 0.6) is 0 Å². The maximum absolute atomic E-state index is 8.79. The molecule has 0 aromatic heterocycles. The third-order valence-electron chi connectivity index (χ3n) is 2.51. The van der Waals surface area contributed by atoms with Crippen molar-refractivity contribution in [2.75, 3.05) is 19.6 Å². The fraction of sp³-hybridized carbons (Fsp3) is 0.900. The first-order chi connectivity index (χ1) is 6.14. The molecule has 1 rings (SSSR count). The summed E-state index contributed by atoms with van der Waals surface area (Å²) in [6.45, 7) is 4.73. The summed E-state index contributed by atoms with van der Waals surface area (Å²) in [5, 5.41) is 8.79. The highest BCUT2D eigenvalue weighted by molar-refractivity contribution is 5.03. The minimum absolute atomic E-state index is 0.676. The Bertz CT molecular complexity index is 185. The quantitative estimate of drug-likeness (QED) is 0.694. The highest BCUT2D eigenvalue weighted by Crippen LogP contribution is 2.11. The molecule has 1 unspecified atom stereocenters. The lowest BCUT2D eigenvalue weighted by Crippen LogP contribution is -2.47. The highest BCUT2D eigenvalue weighted by Gasteiger charge is 2.21. The molecule has 13 heavy (non-hydrogen) atoms. The van der Waals surface area contributed by atoms with Crippen LogP contribution in [0.1, 0.15) is 32.6 Å². The molecule has 3 heteroatoms. The first kappa shape index (κ1) is 10.5. The van der Waals surface area contributed by atoms with E-state index >= 15 is 0 Å². The third kappa shape index (κ3) is 3.75. The van der Waals surface area contributed by atoms with Gasteiger partial charge in [0.15, 0.2) is 0 Å². The Morgan fingerprint density at radius 3 is 2.31 bits per heavy atom. The molecule has 0 spiro atoms. The van der Waals surface area contributed by atoms with Crippen molar-refractivity contribution in [2.45, 2.75) is 38.1 Å². The van der Waals surface area contributed by atoms with Gasteiger partial charge in [0, 0.05) is 6.54 Å². The first-order valence-electron chi connectivity index (χ1n) is 5.06. The van der Waals surface area contributed by atoms with Crippen molar-refractivity contribution >= 4 is 0 Å². The molecule has 3 nitrogen and oxygen atoms in total. The molecule has 0 aromatic rings. The normalized spacial score (nSPS) is 24.4. The molecule has 1 heterocycles. The molecule has 0 saturated carbocycles. The van der Waals surface area contributed by atoms with Crippen LogP contribution in [0.15, 0.2) is 0 Å². The summed E-state index contributed by atoms with van der Waals surface area (Å²) in [6, 6.07) is 2.15. The largest absolute Gasteiger partial charge is 0.313 e. The van der Waals surface area contributed by atoms with Gasteiger partial charge in [-0.15, -0.1) is 0 Å². The summed E-state index contributed by atoms with van der Waals surface area (Å²) in [5.74, 6) is 0. The molecule has 1 atom stereocenters. The van der Waals surface area contributed by atoms with Gasteiger partial charge in [-0.1, -0.05) is 12.8 Å². The third-order valence-corrected chi connectivity index (χ3v) is 2.51. The Labute approximate surface area is 80.5 Å². The van der Waals surface area contributed by atoms with Crippen LogP contribution in [0.2, 0.25) is 0 Å². The first-order valence-corrected chi connectivity index (χ1v) is 5.06. The van der Waals surface area contributed by atoms with Crippen molar-refractivity contribution in [3.63, 3.8) is 0 Å². The lowest BCUT2D eigenvalue weighted by molar-refractivity contribution is 0.249. The number of likely N-dealkylation sites (tertiary alicyclic amines) is 1. The number of nitriles is 1. The van der Waals surface area contributed by atoms with Crippen LogP contribution in [0, 0.1) is 11.3 Å². The van der Waals surface area contributed by atoms with Gasteiger partial charge in [-0.3, -0.25) is 0 Å². The monoisotopic (exact) mass is 181 g/mol. The van der Waals surface area contributed by atoms with Crippen molar-refractivity contribution in [1.82, 2.24) is 4.90 Å². The summed E-state index contributed by atoms with van der Waals surface area (Å²) in [5.41, 5.74) is 5.12. The van der Waals surface area contributed by atoms with Gasteiger partial charge in [0.05, 0.1) is 6.07 Å². The average Bonchev–Trinajstić information content (AvgIpc) is 2.32. The Kier molecular flexibility index (Phi) is 3.71. The SMILES string of the molecule is CC(N)(C#N)CN1CCCCCC1. The van der Waals surface area contributed by atoms with Crippen molar-refractivity contribution in [2.24, 2.45) is 5.73 Å². The predicted octanol–water partition coefficient (Wildman–Crippen LogP) is 1.10. The summed E-state index contributed by atoms with van der Waals surface area (Å²) >= 11 is 0. The molecular weight excluding hydrogens is 162 g/mol. The number of hydrogen-bond donors (Lipinski definition) is 1. The van der Waals surface area contributed by atoms with Crippen LogP contribution in [0.4, 0.5) is 0 Å². The summed E-state index contributed by atoms with van der Waals surface area (Å²) in [4.78, 5) is 2.32. The second kappa shape index (κ2) is 4.59. The molecule has 1 fully saturated rings. The van der Waals surface area contributed by atoms with Gasteiger partial charge in [0.2, 0.25) is 0 Å². The maximum Gasteiger partial charge on any atom is 0.114 e. The van der Waals surface area contributed by atoms with E-state index in [1.165, 1.54) is 25.7 Å². The van der Waals surface area contributed by atoms with Crippen LogP contribution >= 0.6 is 0 Å². The number of nitrogens with two attached hydrogens (primary N) is 1. The van der Waals surface area contributed by atoms with E-state index in [9.17, 15) is 0 Å². The number of nitrogens with zero attached hydrogens (tertiary/aromatic N) is 2. The second-order valence-corrected chi connectivity index (χ2v) is 4.22. The topological polar surface area (TPSA) is 53.1 Å². The van der Waals surface area contributed by atoms with E-state index in [4.69, 9.17) is 11.0 Å². The lowest BCUT2D eigenvalue weighted by Gasteiger charge is -2.26. The Morgan fingerprint density at radius 1 is 1.31 bits per heavy atom. The van der Waals surface area contributed by atoms with Gasteiger partial charge in [-0.05, 0) is 32.9 Å². The zero-order valence-corrected chi connectivity index (χ0v) is 8.42. The number of rotatable bonds is 2. The van der Waals surface area contributed by atoms with Crippen LogP contribution in [0.3, 0.4) is 0 Å². The van der Waals surface area contributed by atoms with E-state index < -0.39 is 5.54 Å². The van der Waals surface area contributed by atoms with E-state index in [1.807, 2.05) is 0 Å². The van der Waals surface area contributed by atoms with E-state index in [0.717, 1.165) is 13.1 Å². The molecule has 2 N–H and O–H groups in total. The van der Waals surface area contributed by atoms with Gasteiger partial charge in [-0.2, -0.15) is 5.26 Å². The molecule has 74 valence electrons. The van der Waals surface area contributed by atoms with Gasteiger partial charge in [-0.25, -0.2) is 0 Å². The fourth-order valence-corrected chi connectivity index (χ4v) is 1.79. The zero-order chi connectivity index (χ0) is 9.73. The molecule has 0 bridgehead atoms. The van der Waals surface area contributed by atoms with Gasteiger partial charge < -0.3 is 10.6 Å². The summed E-state index contributed by atoms with van der Waals surface area (Å²) in [7, 11) is 0. The van der Waals surface area contributed by atoms with Crippen LogP contribution in [-0.2, 0) is 0 Å². The molecular formula is C10H19N3. The summed E-state index contributed by atoms with van der Waals surface area (Å²) in [6.07, 6.45) is 5.15. The van der Waals surface area contributed by atoms with Gasteiger partial charge in [0.25, 0.3) is 0 Å². The Morgan fingerprint density at radius 2 is 1.85 bits per heavy atom. The number of hydrogen-bond acceptors (Lipinski definition) is 3. The van der Waals surface area contributed by atoms with E-state index in [2.05, 4.69) is 11.0 Å². The Balaban J connectivity index is 2.39. The lowest BCUT2D eigenvalue weighted by atomic mass is 10.1. The van der Waals surface area contributed by atoms with Crippen LogP contribution < -0.4 is 5.73 Å². The molecule has 0 aromatic carbocycles. The predicted molar refractivity (Wildman–Crippen MR) is 53.1 cm³/mol. The molecule has 0 radical (unpaired) electrons. The Hall–Kier alpha value is -0.590. The van der Waals surface area contributed by atoms with Gasteiger partial charge >= 0.3 is 0 Å². The molecule has 1 aliphatic heterocycles. The minimum Gasteiger partial charge on any atom is -0.313 e. The molecule has 1 saturated heterocycles. The van der Waals surface area contributed by atoms with Crippen molar-refractivity contribution in [3.05, 3.63) is 0 Å². The average molecular weight is 181 g/mol. The van der Waals surface area contributed by atoms with E-state index in [-0.39, 0.29) is 0 Å². The minimum atomic E-state index is -0.676. The zero-order valence-electron chi connectivity index (χ0n) is 8.42. The van der Waals surface area contributed by atoms with E-state index in [1.54, 1.807) is 6.92 Å². The molecule has 0 amide bonds. The van der Waals surface area contributed by atoms with Crippen molar-refractivity contribution < 1.29 is 0 Å².